The van der Waals surface area contributed by atoms with Gasteiger partial charge in [0.25, 0.3) is 0 Å². The maximum atomic E-state index is 13.1. The van der Waals surface area contributed by atoms with Crippen LogP contribution < -0.4 is 9.88 Å². The van der Waals surface area contributed by atoms with Gasteiger partial charge in [0, 0.05) is 12.5 Å². The first-order valence-corrected chi connectivity index (χ1v) is 12.6. The second-order valence-corrected chi connectivity index (χ2v) is 9.69. The minimum Gasteiger partial charge on any atom is -0.478 e. The van der Waals surface area contributed by atoms with Crippen LogP contribution in [0.5, 0.6) is 5.75 Å². The van der Waals surface area contributed by atoms with Gasteiger partial charge in [0.05, 0.1) is 16.3 Å². The predicted molar refractivity (Wildman–Crippen MR) is 135 cm³/mol. The lowest BCUT2D eigenvalue weighted by Crippen LogP contribution is -2.12. The third kappa shape index (κ3) is 7.52. The molecule has 0 saturated heterocycles. The molecule has 1 heterocycles. The first-order valence-electron chi connectivity index (χ1n) is 11.0. The Morgan fingerprint density at radius 2 is 1.56 bits per heavy atom. The quantitative estimate of drug-likeness (QED) is 0.263. The number of carbonyl (C=O) groups is 2. The summed E-state index contributed by atoms with van der Waals surface area (Å²) in [5.74, 6) is -1.58. The first-order chi connectivity index (χ1) is 18.2. The van der Waals surface area contributed by atoms with Gasteiger partial charge < -0.3 is 9.84 Å². The van der Waals surface area contributed by atoms with E-state index in [2.05, 4.69) is 9.84 Å². The van der Waals surface area contributed by atoms with Crippen LogP contribution in [0.1, 0.15) is 28.5 Å². The largest absolute Gasteiger partial charge is 0.478 e. The maximum Gasteiger partial charge on any atom is 0.435 e. The molecule has 0 aliphatic rings. The van der Waals surface area contributed by atoms with E-state index >= 15 is 0 Å². The van der Waals surface area contributed by atoms with Crippen LogP contribution in [0.25, 0.3) is 16.9 Å². The fourth-order valence-corrected chi connectivity index (χ4v) is 3.83. The van der Waals surface area contributed by atoms with E-state index in [1.807, 2.05) is 6.92 Å². The molecule has 39 heavy (non-hydrogen) atoms. The number of benzene rings is 3. The Balaban J connectivity index is 0.000000272. The molecule has 4 aromatic rings. The number of sulfonamides is 1. The molecule has 1 aromatic heterocycles. The van der Waals surface area contributed by atoms with Crippen molar-refractivity contribution in [1.82, 2.24) is 9.78 Å². The molecule has 0 radical (unpaired) electrons. The molecule has 9 nitrogen and oxygen atoms in total. The number of alkyl halides is 3. The lowest BCUT2D eigenvalue weighted by atomic mass is 10.1. The van der Waals surface area contributed by atoms with E-state index in [0.717, 1.165) is 16.3 Å². The number of aromatic carboxylic acids is 1. The molecule has 4 rings (SSSR count). The summed E-state index contributed by atoms with van der Waals surface area (Å²) < 4.78 is 67.9. The van der Waals surface area contributed by atoms with Gasteiger partial charge in [-0.05, 0) is 49.4 Å². The second-order valence-electron chi connectivity index (χ2n) is 8.12. The maximum absolute atomic E-state index is 13.1. The number of carboxylic acids is 1. The molecule has 0 atom stereocenters. The zero-order chi connectivity index (χ0) is 29.0. The van der Waals surface area contributed by atoms with E-state index in [4.69, 9.17) is 10.2 Å². The number of carbonyl (C=O) groups excluding carboxylic acids is 1. The summed E-state index contributed by atoms with van der Waals surface area (Å²) in [6, 6.07) is 19.0. The number of para-hydroxylation sites is 1. The molecule has 0 saturated carbocycles. The van der Waals surface area contributed by atoms with E-state index in [1.54, 1.807) is 36.4 Å². The second kappa shape index (κ2) is 11.5. The summed E-state index contributed by atoms with van der Waals surface area (Å²) >= 11 is 0. The van der Waals surface area contributed by atoms with Crippen LogP contribution in [-0.4, -0.2) is 35.2 Å². The van der Waals surface area contributed by atoms with Gasteiger partial charge in [0.2, 0.25) is 10.0 Å². The molecule has 3 aromatic carbocycles. The molecule has 13 heteroatoms. The van der Waals surface area contributed by atoms with Gasteiger partial charge in [-0.1, -0.05) is 42.0 Å². The zero-order valence-corrected chi connectivity index (χ0v) is 21.3. The molecule has 204 valence electrons. The van der Waals surface area contributed by atoms with Crippen molar-refractivity contribution in [1.29, 1.82) is 0 Å². The number of hydrogen-bond acceptors (Lipinski definition) is 6. The average Bonchev–Trinajstić information content (AvgIpc) is 3.31. The summed E-state index contributed by atoms with van der Waals surface area (Å²) in [6.45, 7) is 3.09. The van der Waals surface area contributed by atoms with Crippen molar-refractivity contribution in [2.45, 2.75) is 24.9 Å². The van der Waals surface area contributed by atoms with Crippen molar-refractivity contribution in [3.63, 3.8) is 0 Å². The molecule has 0 spiro atoms. The molecule has 0 amide bonds. The number of esters is 1. The highest BCUT2D eigenvalue weighted by atomic mass is 32.2. The highest BCUT2D eigenvalue weighted by Crippen LogP contribution is 2.33. The van der Waals surface area contributed by atoms with Crippen molar-refractivity contribution in [2.75, 3.05) is 0 Å². The molecule has 0 bridgehead atoms. The fraction of sp³-hybridized carbons (Fsp3) is 0.115. The number of aromatic nitrogens is 2. The Bertz CT molecular complexity index is 1600. The topological polar surface area (TPSA) is 142 Å². The van der Waals surface area contributed by atoms with Crippen molar-refractivity contribution in [3.05, 3.63) is 95.7 Å². The molecule has 3 N–H and O–H groups in total. The minimum atomic E-state index is -4.61. The van der Waals surface area contributed by atoms with E-state index < -0.39 is 33.8 Å². The van der Waals surface area contributed by atoms with Gasteiger partial charge >= 0.3 is 18.1 Å². The summed E-state index contributed by atoms with van der Waals surface area (Å²) in [6.07, 6.45) is -4.61. The Kier molecular flexibility index (Phi) is 8.57. The highest BCUT2D eigenvalue weighted by Gasteiger charge is 2.35. The third-order valence-corrected chi connectivity index (χ3v) is 6.06. The van der Waals surface area contributed by atoms with Gasteiger partial charge in [-0.2, -0.15) is 18.3 Å². The number of rotatable bonds is 5. The Morgan fingerprint density at radius 1 is 0.974 bits per heavy atom. The van der Waals surface area contributed by atoms with Crippen LogP contribution in [0.2, 0.25) is 0 Å². The smallest absolute Gasteiger partial charge is 0.435 e. The monoisotopic (exact) mass is 561 g/mol. The summed E-state index contributed by atoms with van der Waals surface area (Å²) in [5, 5.41) is 17.4. The number of nitrogens with zero attached hydrogens (tertiary/aromatic N) is 2. The molecular formula is C26H22F3N3O6S. The lowest BCUT2D eigenvalue weighted by Gasteiger charge is -2.09. The van der Waals surface area contributed by atoms with E-state index in [9.17, 15) is 31.2 Å². The SMILES string of the molecule is CC(=O)Oc1ccccc1C(=O)O.Cc1ccc(-c2cc(C(F)(F)F)nn2-c2ccc(S(N)(=O)=O)cc2)cc1. The number of primary sulfonamides is 1. The summed E-state index contributed by atoms with van der Waals surface area (Å²) in [5.41, 5.74) is 0.980. The average molecular weight is 562 g/mol. The molecule has 0 aliphatic carbocycles. The van der Waals surface area contributed by atoms with E-state index in [-0.39, 0.29) is 27.6 Å². The van der Waals surface area contributed by atoms with Crippen molar-refractivity contribution < 1.29 is 41.0 Å². The highest BCUT2D eigenvalue weighted by molar-refractivity contribution is 7.89. The summed E-state index contributed by atoms with van der Waals surface area (Å²) in [4.78, 5) is 21.0. The van der Waals surface area contributed by atoms with Crippen LogP contribution in [0.15, 0.2) is 83.8 Å². The van der Waals surface area contributed by atoms with Crippen LogP contribution in [-0.2, 0) is 21.0 Å². The van der Waals surface area contributed by atoms with Crippen LogP contribution in [0.3, 0.4) is 0 Å². The third-order valence-electron chi connectivity index (χ3n) is 5.13. The van der Waals surface area contributed by atoms with Gasteiger partial charge in [-0.15, -0.1) is 0 Å². The van der Waals surface area contributed by atoms with Crippen LogP contribution in [0.4, 0.5) is 13.2 Å². The first kappa shape index (κ1) is 29.1. The van der Waals surface area contributed by atoms with Gasteiger partial charge in [0.15, 0.2) is 5.69 Å². The minimum absolute atomic E-state index is 0.0160. The van der Waals surface area contributed by atoms with Crippen molar-refractivity contribution >= 4 is 22.0 Å². The van der Waals surface area contributed by atoms with Crippen molar-refractivity contribution in [3.8, 4) is 22.7 Å². The number of carboxylic acid groups (broad SMARTS) is 1. The number of halogens is 3. The number of aryl methyl sites for hydroxylation is 1. The molecule has 0 unspecified atom stereocenters. The van der Waals surface area contributed by atoms with Gasteiger partial charge in [0.1, 0.15) is 11.3 Å². The molecule has 0 aliphatic heterocycles. The van der Waals surface area contributed by atoms with Crippen molar-refractivity contribution in [2.24, 2.45) is 5.14 Å². The Hall–Kier alpha value is -4.49. The number of hydrogen-bond donors (Lipinski definition) is 2. The van der Waals surface area contributed by atoms with Gasteiger partial charge in [-0.25, -0.2) is 23.0 Å². The Labute approximate surface area is 221 Å². The molecule has 0 fully saturated rings. The van der Waals surface area contributed by atoms with Gasteiger partial charge in [-0.3, -0.25) is 4.79 Å². The molecular weight excluding hydrogens is 539 g/mol. The zero-order valence-electron chi connectivity index (χ0n) is 20.5. The Morgan fingerprint density at radius 3 is 2.08 bits per heavy atom. The fourth-order valence-electron chi connectivity index (χ4n) is 3.31. The lowest BCUT2D eigenvalue weighted by molar-refractivity contribution is -0.141. The van der Waals surface area contributed by atoms with E-state index in [1.165, 1.54) is 43.3 Å². The standard InChI is InChI=1S/C17H14F3N3O2S.C9H8O4/c1-11-2-4-12(5-3-11)15-10-16(17(18,19)20)22-23(15)13-6-8-14(9-7-13)26(21,24)25;1-6(10)13-8-5-3-2-4-7(8)9(11)12/h2-10H,1H3,(H2,21,24,25);2-5H,1H3,(H,11,12). The normalized spacial score (nSPS) is 11.3. The van der Waals surface area contributed by atoms with Crippen LogP contribution >= 0.6 is 0 Å². The predicted octanol–water partition coefficient (Wildman–Crippen LogP) is 4.82. The number of nitrogens with two attached hydrogens (primary N) is 1. The van der Waals surface area contributed by atoms with Crippen LogP contribution in [0, 0.1) is 6.92 Å². The number of ether oxygens (including phenoxy) is 1. The van der Waals surface area contributed by atoms with E-state index in [0.29, 0.717) is 5.56 Å². The summed E-state index contributed by atoms with van der Waals surface area (Å²) in [7, 11) is -3.90.